The van der Waals surface area contributed by atoms with Gasteiger partial charge in [-0.2, -0.15) is 34.8 Å². The number of nitrogens with zero attached hydrogens (tertiary/aromatic N) is 1. The molecule has 4 N–H and O–H groups in total. The van der Waals surface area contributed by atoms with Crippen LogP contribution < -0.4 is 14.7 Å². The van der Waals surface area contributed by atoms with Crippen LogP contribution in [0.4, 0.5) is 26.3 Å². The zero-order chi connectivity index (χ0) is 106. The number of carboxylic acid groups (broad SMARTS) is 1. The van der Waals surface area contributed by atoms with Gasteiger partial charge in [0.25, 0.3) is 20.2 Å². The van der Waals surface area contributed by atoms with Crippen molar-refractivity contribution in [3.05, 3.63) is 362 Å². The van der Waals surface area contributed by atoms with E-state index in [1.54, 1.807) is 12.1 Å². The smallest absolute Gasteiger partial charge is 0.367 e. The minimum absolute atomic E-state index is 0.0594. The summed E-state index contributed by atoms with van der Waals surface area (Å²) in [6.45, 7) is 6.71. The first-order valence-electron chi connectivity index (χ1n) is 41.9. The number of carbonyl (C=O) groups is 3. The van der Waals surface area contributed by atoms with E-state index in [2.05, 4.69) is 302 Å². The van der Waals surface area contributed by atoms with E-state index in [0.29, 0.717) is 24.0 Å². The molecule has 756 valence electrons. The van der Waals surface area contributed by atoms with Crippen molar-refractivity contribution in [3.63, 3.8) is 0 Å². The number of benzene rings is 13. The number of hydrogen-bond acceptors (Lipinski definition) is 24. The summed E-state index contributed by atoms with van der Waals surface area (Å²) in [7, 11) is -18.1. The number of aromatic hydroxyl groups is 1. The van der Waals surface area contributed by atoms with E-state index in [1.807, 2.05) is 41.5 Å². The molecule has 0 fully saturated rings. The van der Waals surface area contributed by atoms with Crippen LogP contribution in [0.3, 0.4) is 0 Å². The van der Waals surface area contributed by atoms with E-state index in [4.69, 9.17) is 34.6 Å². The first-order chi connectivity index (χ1) is 66.1. The molecule has 0 unspecified atom stereocenters. The number of rotatable bonds is 19. The summed E-state index contributed by atoms with van der Waals surface area (Å²) < 4.78 is 240. The number of alkyl halides is 6. The second kappa shape index (κ2) is 50.8. The van der Waals surface area contributed by atoms with Crippen molar-refractivity contribution in [1.82, 2.24) is 0 Å². The van der Waals surface area contributed by atoms with Crippen molar-refractivity contribution >= 4 is 160 Å². The second-order valence-corrected chi connectivity index (χ2v) is 46.6. The van der Waals surface area contributed by atoms with Crippen LogP contribution in [-0.2, 0) is 70.9 Å². The fourth-order valence-electron chi connectivity index (χ4n) is 12.4. The molecule has 142 heavy (non-hydrogen) atoms. The summed E-state index contributed by atoms with van der Waals surface area (Å²) in [5.74, 6) is -2.35. The Morgan fingerprint density at radius 3 is 0.775 bits per heavy atom. The molecular weight excluding hydrogens is 2010 g/mol. The van der Waals surface area contributed by atoms with Gasteiger partial charge >= 0.3 is 33.7 Å². The number of carbonyl (C=O) groups excluding carboxylic acids is 2. The van der Waals surface area contributed by atoms with Gasteiger partial charge in [0.2, 0.25) is 0 Å². The fraction of sp³-hybridized carbons (Fsp3) is 0.198. The van der Waals surface area contributed by atoms with Crippen LogP contribution in [0, 0.1) is 0 Å². The Hall–Kier alpha value is -12.7. The van der Waals surface area contributed by atoms with Gasteiger partial charge < -0.3 is 62.0 Å². The number of aromatic carboxylic acids is 1. The number of thiophene rings is 3. The molecule has 3 heterocycles. The molecule has 0 aliphatic rings. The Bertz CT molecular complexity index is 6960. The van der Waals surface area contributed by atoms with Gasteiger partial charge in [-0.25, -0.2) is 48.1 Å². The van der Waals surface area contributed by atoms with Crippen LogP contribution in [-0.4, -0.2) is 178 Å². The molecule has 0 spiro atoms. The van der Waals surface area contributed by atoms with Crippen molar-refractivity contribution in [2.75, 3.05) is 53.5 Å². The lowest BCUT2D eigenvalue weighted by atomic mass is 10.1. The molecule has 0 atom stereocenters. The molecule has 0 saturated heterocycles. The number of quaternary nitrogens is 1. The van der Waals surface area contributed by atoms with E-state index in [9.17, 15) is 96.5 Å². The number of halogens is 6. The number of phenolic OH excluding ortho intramolecular Hbond substituents is 1. The summed E-state index contributed by atoms with van der Waals surface area (Å²) in [4.78, 5) is 37.5. The van der Waals surface area contributed by atoms with Crippen LogP contribution in [0.1, 0.15) is 78.2 Å². The first-order valence-corrected chi connectivity index (χ1v) is 53.5. The third kappa shape index (κ3) is 36.7. The van der Waals surface area contributed by atoms with Crippen molar-refractivity contribution in [2.45, 2.75) is 75.1 Å². The lowest BCUT2D eigenvalue weighted by Gasteiger charge is -2.23. The molecule has 27 nitrogen and oxygen atoms in total. The van der Waals surface area contributed by atoms with E-state index >= 15 is 0 Å². The largest absolute Gasteiger partial charge is 0.743 e. The Kier molecular flexibility index (Phi) is 41.6. The molecule has 0 amide bonds. The number of ether oxygens (including phenoxy) is 4. The molecule has 0 bridgehead atoms. The van der Waals surface area contributed by atoms with Gasteiger partial charge in [0.05, 0.1) is 50.3 Å². The second-order valence-electron chi connectivity index (χ2n) is 33.2. The Morgan fingerprint density at radius 1 is 0.352 bits per heavy atom. The summed E-state index contributed by atoms with van der Waals surface area (Å²) in [6.07, 6.45) is 1.40. The zero-order valence-electron chi connectivity index (χ0n) is 77.9. The average molecular weight is 2120 g/mol. The van der Waals surface area contributed by atoms with Crippen molar-refractivity contribution < 1.29 is 149 Å². The van der Waals surface area contributed by atoms with Gasteiger partial charge in [0.15, 0.2) is 86.5 Å². The summed E-state index contributed by atoms with van der Waals surface area (Å²) in [5.41, 5.74) is 0.704. The third-order valence-electron chi connectivity index (χ3n) is 18.2. The minimum atomic E-state index is -5.89. The molecule has 16 aromatic rings. The van der Waals surface area contributed by atoms with Crippen LogP contribution in [0.5, 0.6) is 17.2 Å². The van der Waals surface area contributed by atoms with E-state index < -0.39 is 110 Å². The molecule has 16 rings (SSSR count). The Balaban J connectivity index is 0.000000219. The Labute approximate surface area is 826 Å². The van der Waals surface area contributed by atoms with Gasteiger partial charge in [-0.1, -0.05) is 158 Å². The predicted molar refractivity (Wildman–Crippen MR) is 538 cm³/mol. The normalized spacial score (nSPS) is 11.8. The predicted octanol–water partition coefficient (Wildman–Crippen LogP) is 21.4. The molecule has 41 heteroatoms. The first kappa shape index (κ1) is 116. The average Bonchev–Trinajstić information content (AvgIpc) is 1.61. The number of hydrogen-bond donors (Lipinski definition) is 4. The number of aliphatic hydroxyl groups is 1. The van der Waals surface area contributed by atoms with Crippen molar-refractivity contribution in [1.29, 1.82) is 0 Å². The van der Waals surface area contributed by atoms with Gasteiger partial charge in [-0.15, -0.1) is 0 Å². The lowest BCUT2D eigenvalue weighted by Crippen LogP contribution is -2.34. The van der Waals surface area contributed by atoms with Crippen molar-refractivity contribution in [2.24, 2.45) is 0 Å². The maximum absolute atomic E-state index is 12.9. The number of aliphatic hydroxyl groups excluding tert-OH is 1. The van der Waals surface area contributed by atoms with Crippen LogP contribution in [0.15, 0.2) is 340 Å². The molecule has 0 aliphatic carbocycles. The standard InChI is InChI=1S/3C18H13S.C13H16F2O6S.C11H14O3.C10H16N.C9H8F2O6S.C2H4F2O4S.CH4O4S.CH4O3S/c3*1-2-8-14(9-3-1)19-17-12-6-4-10-15(17)16-11-5-7-13-18(16)19;1-12(2,3)21-10-6-4-9(5-7-10)11(16)20-8-13(14,15)22(17,18)19;1-11(2,3)14-9-6-4-8(5-7-9)10(12)13;1-11(2,3)9-10-7-5-4-6-8-10;10-9(11,18(14,15)16)5-17-8(13)6-1-3-7(12)4-2-6;3-2(4,1-5)9(6,7)8;1-6(3,4)5-2;1-5(2,3)4/h3*1-13H;4-7H,8H2,1-3H3,(H,17,18,19);4-7H,1-3H3,(H,12,13);4-8H,9H2,1-3H3;1-4,12H,5H2,(H,14,15,16);5H,1H2,(H,6,7,8);2H,1H3;1H3,(H,2,3,4)/q3*+1;;;+1;;;;/p-4. The number of esters is 2. The molecule has 0 saturated carbocycles. The molecule has 0 radical (unpaired) electrons. The molecule has 0 aliphatic heterocycles. The van der Waals surface area contributed by atoms with Gasteiger partial charge in [0.1, 0.15) is 41.6 Å². The number of phenols is 1. The topological polar surface area (TPSA) is 441 Å². The monoisotopic (exact) mass is 2110 g/mol. The van der Waals surface area contributed by atoms with Crippen LogP contribution in [0.25, 0.3) is 75.2 Å². The van der Waals surface area contributed by atoms with E-state index in [-0.39, 0.29) is 59.5 Å². The minimum Gasteiger partial charge on any atom is -0.743 e. The third-order valence-corrected chi connectivity index (χ3v) is 28.1. The molecule has 13 aromatic carbocycles. The fourth-order valence-corrected chi connectivity index (χ4v) is 20.2. The van der Waals surface area contributed by atoms with Crippen molar-refractivity contribution in [3.8, 4) is 31.9 Å². The maximum Gasteiger partial charge on any atom is 0.367 e. The number of carboxylic acids is 1. The Morgan fingerprint density at radius 2 is 0.570 bits per heavy atom. The zero-order valence-corrected chi connectivity index (χ0v) is 84.4. The summed E-state index contributed by atoms with van der Waals surface area (Å²) in [5, 5.41) is 28.5. The van der Waals surface area contributed by atoms with Crippen LogP contribution in [0.2, 0.25) is 0 Å². The quantitative estimate of drug-likeness (QED) is 0.0111. The SMILES string of the molecule is CC(C)(C)Oc1ccc(C(=O)O)cc1.CC(C)(C)Oc1ccc(C(=O)OCC(F)(F)S(=O)(=O)[O-])cc1.CS(=O)(=O)O.CS(=O)(=O)O[O-].C[N+](C)(C)Cc1ccccc1.O=C(OCC(F)(F)S(=O)(=O)[O-])c1ccc(O)cc1.O=S(=O)([O-])C(F)(F)CO.c1ccc(-[s+]2c3ccccc3c3ccccc32)cc1.c1ccc(-[s+]2c3ccccc3c3ccccc32)cc1.c1ccc(-[s+]2c3ccccc3c3ccccc32)cc1. The van der Waals surface area contributed by atoms with E-state index in [0.717, 1.165) is 35.3 Å². The highest BCUT2D eigenvalue weighted by atomic mass is 32.2. The summed E-state index contributed by atoms with van der Waals surface area (Å²) >= 11 is 0. The lowest BCUT2D eigenvalue weighted by molar-refractivity contribution is -0.884. The highest BCUT2D eigenvalue weighted by Crippen LogP contribution is 2.51. The van der Waals surface area contributed by atoms with E-state index in [1.165, 1.54) is 117 Å². The van der Waals surface area contributed by atoms with Crippen LogP contribution >= 0.6 is 31.4 Å². The maximum atomic E-state index is 12.9. The number of fused-ring (bicyclic) bond motifs is 9. The molecular formula is C101H101F6NO26S8. The van der Waals surface area contributed by atoms with Gasteiger partial charge in [-0.05, 0) is 224 Å². The highest BCUT2D eigenvalue weighted by Gasteiger charge is 2.41. The van der Waals surface area contributed by atoms with Gasteiger partial charge in [0, 0.05) is 69.3 Å². The highest BCUT2D eigenvalue weighted by molar-refractivity contribution is 7.87. The molecule has 3 aromatic heterocycles. The summed E-state index contributed by atoms with van der Waals surface area (Å²) in [6, 6.07) is 112. The van der Waals surface area contributed by atoms with Gasteiger partial charge in [-0.3, -0.25) is 4.55 Å².